The summed E-state index contributed by atoms with van der Waals surface area (Å²) in [7, 11) is 7.90. The molecule has 0 saturated carbocycles. The summed E-state index contributed by atoms with van der Waals surface area (Å²) in [5.74, 6) is 1.91. The maximum atomic E-state index is 12.9. The molecule has 0 aliphatic carbocycles. The van der Waals surface area contributed by atoms with E-state index < -0.39 is 0 Å². The fourth-order valence-corrected chi connectivity index (χ4v) is 2.95. The van der Waals surface area contributed by atoms with Gasteiger partial charge in [-0.1, -0.05) is 0 Å². The summed E-state index contributed by atoms with van der Waals surface area (Å²) in [5, 5.41) is 0. The molecule has 7 heteroatoms. The minimum atomic E-state index is -0.185. The summed E-state index contributed by atoms with van der Waals surface area (Å²) in [6.07, 6.45) is 1.75. The molecule has 0 fully saturated rings. The number of methoxy groups -OCH3 is 4. The molecular formula is C20H26N2O5. The molecule has 27 heavy (non-hydrogen) atoms. The van der Waals surface area contributed by atoms with Gasteiger partial charge in [-0.25, -0.2) is 0 Å². The molecule has 0 atom stereocenters. The van der Waals surface area contributed by atoms with E-state index in [1.807, 2.05) is 13.8 Å². The summed E-state index contributed by atoms with van der Waals surface area (Å²) < 4.78 is 21.4. The number of amides is 1. The van der Waals surface area contributed by atoms with Crippen molar-refractivity contribution < 1.29 is 23.7 Å². The number of pyridine rings is 1. The van der Waals surface area contributed by atoms with Crippen molar-refractivity contribution in [3.8, 4) is 23.0 Å². The van der Waals surface area contributed by atoms with E-state index in [2.05, 4.69) is 4.98 Å². The topological polar surface area (TPSA) is 70.1 Å². The lowest BCUT2D eigenvalue weighted by atomic mass is 10.1. The summed E-state index contributed by atoms with van der Waals surface area (Å²) in [4.78, 5) is 19.0. The Morgan fingerprint density at radius 1 is 0.963 bits per heavy atom. The molecule has 0 spiro atoms. The van der Waals surface area contributed by atoms with Crippen molar-refractivity contribution in [2.75, 3.05) is 35.5 Å². The highest BCUT2D eigenvalue weighted by atomic mass is 16.5. The standard InChI is InChI=1S/C20H26N2O5/c1-12-10-21-15(13(2)18(12)26-6)11-22(3)20(23)14-8-16(24-4)19(27-7)17(9-14)25-5/h8-10H,11H2,1-7H3. The molecule has 146 valence electrons. The van der Waals surface area contributed by atoms with Crippen LogP contribution in [-0.2, 0) is 6.54 Å². The Morgan fingerprint density at radius 2 is 1.52 bits per heavy atom. The first kappa shape index (κ1) is 20.4. The first-order valence-corrected chi connectivity index (χ1v) is 8.42. The van der Waals surface area contributed by atoms with Gasteiger partial charge in [-0.15, -0.1) is 0 Å². The molecule has 7 nitrogen and oxygen atoms in total. The highest BCUT2D eigenvalue weighted by molar-refractivity contribution is 5.95. The Balaban J connectivity index is 2.33. The van der Waals surface area contributed by atoms with Crippen molar-refractivity contribution in [2.45, 2.75) is 20.4 Å². The number of ether oxygens (including phenoxy) is 4. The summed E-state index contributed by atoms with van der Waals surface area (Å²) in [6.45, 7) is 4.22. The average molecular weight is 374 g/mol. The largest absolute Gasteiger partial charge is 0.496 e. The average Bonchev–Trinajstić information content (AvgIpc) is 2.68. The molecular weight excluding hydrogens is 348 g/mol. The second kappa shape index (κ2) is 8.62. The number of carbonyl (C=O) groups is 1. The highest BCUT2D eigenvalue weighted by Gasteiger charge is 2.21. The number of rotatable bonds is 7. The van der Waals surface area contributed by atoms with Crippen LogP contribution in [0.1, 0.15) is 27.2 Å². The Morgan fingerprint density at radius 3 is 2.00 bits per heavy atom. The minimum absolute atomic E-state index is 0.185. The molecule has 1 heterocycles. The van der Waals surface area contributed by atoms with Gasteiger partial charge in [0.25, 0.3) is 5.91 Å². The van der Waals surface area contributed by atoms with Crippen molar-refractivity contribution in [1.29, 1.82) is 0 Å². The van der Waals surface area contributed by atoms with Crippen LogP contribution in [0.15, 0.2) is 18.3 Å². The third-order valence-corrected chi connectivity index (χ3v) is 4.40. The second-order valence-electron chi connectivity index (χ2n) is 6.12. The minimum Gasteiger partial charge on any atom is -0.496 e. The summed E-state index contributed by atoms with van der Waals surface area (Å²) in [5.41, 5.74) is 3.09. The van der Waals surface area contributed by atoms with Crippen molar-refractivity contribution in [3.05, 3.63) is 40.7 Å². The lowest BCUT2D eigenvalue weighted by Gasteiger charge is -2.21. The number of carbonyl (C=O) groups excluding carboxylic acids is 1. The smallest absolute Gasteiger partial charge is 0.254 e. The van der Waals surface area contributed by atoms with Crippen molar-refractivity contribution in [3.63, 3.8) is 0 Å². The van der Waals surface area contributed by atoms with E-state index >= 15 is 0 Å². The molecule has 0 bridgehead atoms. The Labute approximate surface area is 159 Å². The number of aryl methyl sites for hydroxylation is 1. The van der Waals surface area contributed by atoms with Crippen LogP contribution in [0.3, 0.4) is 0 Å². The molecule has 0 radical (unpaired) electrons. The number of nitrogens with zero attached hydrogens (tertiary/aromatic N) is 2. The maximum Gasteiger partial charge on any atom is 0.254 e. The zero-order chi connectivity index (χ0) is 20.1. The summed E-state index contributed by atoms with van der Waals surface area (Å²) >= 11 is 0. The van der Waals surface area contributed by atoms with Crippen molar-refractivity contribution in [1.82, 2.24) is 9.88 Å². The van der Waals surface area contributed by atoms with Gasteiger partial charge < -0.3 is 23.8 Å². The van der Waals surface area contributed by atoms with Gasteiger partial charge in [0, 0.05) is 29.9 Å². The van der Waals surface area contributed by atoms with Crippen LogP contribution < -0.4 is 18.9 Å². The van der Waals surface area contributed by atoms with Gasteiger partial charge in [-0.3, -0.25) is 9.78 Å². The van der Waals surface area contributed by atoms with Crippen LogP contribution in [0, 0.1) is 13.8 Å². The van der Waals surface area contributed by atoms with Crippen LogP contribution >= 0.6 is 0 Å². The van der Waals surface area contributed by atoms with E-state index in [9.17, 15) is 4.79 Å². The lowest BCUT2D eigenvalue weighted by Crippen LogP contribution is -2.27. The fraction of sp³-hybridized carbons (Fsp3) is 0.400. The Bertz CT molecular complexity index is 810. The van der Waals surface area contributed by atoms with E-state index in [1.54, 1.807) is 37.4 Å². The van der Waals surface area contributed by atoms with Gasteiger partial charge >= 0.3 is 0 Å². The predicted molar refractivity (Wildman–Crippen MR) is 102 cm³/mol. The number of hydrogen-bond acceptors (Lipinski definition) is 6. The quantitative estimate of drug-likeness (QED) is 0.742. The molecule has 0 N–H and O–H groups in total. The normalized spacial score (nSPS) is 10.3. The van der Waals surface area contributed by atoms with E-state index in [4.69, 9.17) is 18.9 Å². The van der Waals surface area contributed by atoms with Gasteiger partial charge in [-0.05, 0) is 26.0 Å². The van der Waals surface area contributed by atoms with Crippen LogP contribution in [0.25, 0.3) is 0 Å². The predicted octanol–water partition coefficient (Wildman–Crippen LogP) is 3.01. The zero-order valence-electron chi connectivity index (χ0n) is 16.9. The lowest BCUT2D eigenvalue weighted by molar-refractivity contribution is 0.0782. The van der Waals surface area contributed by atoms with Gasteiger partial charge in [-0.2, -0.15) is 0 Å². The number of aromatic nitrogens is 1. The molecule has 2 rings (SSSR count). The Kier molecular flexibility index (Phi) is 6.50. The van der Waals surface area contributed by atoms with Gasteiger partial charge in [0.15, 0.2) is 11.5 Å². The number of hydrogen-bond donors (Lipinski definition) is 0. The van der Waals surface area contributed by atoms with E-state index in [0.717, 1.165) is 22.6 Å². The molecule has 0 saturated heterocycles. The fourth-order valence-electron chi connectivity index (χ4n) is 2.95. The number of benzene rings is 1. The Hall–Kier alpha value is -2.96. The van der Waals surface area contributed by atoms with Gasteiger partial charge in [0.2, 0.25) is 5.75 Å². The zero-order valence-corrected chi connectivity index (χ0v) is 16.9. The molecule has 0 aliphatic heterocycles. The SMILES string of the molecule is COc1cc(C(=O)N(C)Cc2ncc(C)c(OC)c2C)cc(OC)c1OC. The van der Waals surface area contributed by atoms with E-state index in [1.165, 1.54) is 21.3 Å². The highest BCUT2D eigenvalue weighted by Crippen LogP contribution is 2.38. The van der Waals surface area contributed by atoms with Crippen molar-refractivity contribution >= 4 is 5.91 Å². The van der Waals surface area contributed by atoms with E-state index in [-0.39, 0.29) is 5.91 Å². The molecule has 0 unspecified atom stereocenters. The summed E-state index contributed by atoms with van der Waals surface area (Å²) in [6, 6.07) is 3.27. The van der Waals surface area contributed by atoms with Crippen LogP contribution in [-0.4, -0.2) is 51.3 Å². The molecule has 1 aromatic heterocycles. The van der Waals surface area contributed by atoms with Crippen LogP contribution in [0.5, 0.6) is 23.0 Å². The van der Waals surface area contributed by atoms with Gasteiger partial charge in [0.1, 0.15) is 5.75 Å². The maximum absolute atomic E-state index is 12.9. The second-order valence-corrected chi connectivity index (χ2v) is 6.12. The molecule has 1 amide bonds. The van der Waals surface area contributed by atoms with Crippen LogP contribution in [0.4, 0.5) is 0 Å². The molecule has 2 aromatic rings. The molecule has 1 aromatic carbocycles. The van der Waals surface area contributed by atoms with Crippen molar-refractivity contribution in [2.24, 2.45) is 0 Å². The third-order valence-electron chi connectivity index (χ3n) is 4.40. The van der Waals surface area contributed by atoms with E-state index in [0.29, 0.717) is 29.4 Å². The van der Waals surface area contributed by atoms with Crippen LogP contribution in [0.2, 0.25) is 0 Å². The monoisotopic (exact) mass is 374 g/mol. The third kappa shape index (κ3) is 4.07. The first-order valence-electron chi connectivity index (χ1n) is 8.42. The first-order chi connectivity index (χ1) is 12.9. The van der Waals surface area contributed by atoms with Gasteiger partial charge in [0.05, 0.1) is 40.7 Å². The molecule has 0 aliphatic rings.